The smallest absolute Gasteiger partial charge is 0.252 e. The van der Waals surface area contributed by atoms with Crippen LogP contribution in [0.3, 0.4) is 0 Å². The summed E-state index contributed by atoms with van der Waals surface area (Å²) in [6, 6.07) is 17.5. The van der Waals surface area contributed by atoms with Gasteiger partial charge in [-0.3, -0.25) is 14.4 Å². The number of hydrogen-bond acceptors (Lipinski definition) is 3. The molecule has 31 heavy (non-hydrogen) atoms. The Bertz CT molecular complexity index is 1130. The third kappa shape index (κ3) is 2.79. The number of nitrogens with zero attached hydrogens (tertiary/aromatic N) is 4. The van der Waals surface area contributed by atoms with Gasteiger partial charge in [-0.2, -0.15) is 5.10 Å². The highest BCUT2D eigenvalue weighted by Gasteiger charge is 2.60. The Morgan fingerprint density at radius 3 is 2.48 bits per heavy atom. The fourth-order valence-corrected chi connectivity index (χ4v) is 5.91. The summed E-state index contributed by atoms with van der Waals surface area (Å²) in [7, 11) is 1.93. The van der Waals surface area contributed by atoms with Crippen LogP contribution in [0.2, 0.25) is 0 Å². The first-order valence-electron chi connectivity index (χ1n) is 11.4. The van der Waals surface area contributed by atoms with Crippen molar-refractivity contribution in [3.8, 4) is 11.1 Å². The first kappa shape index (κ1) is 18.8. The van der Waals surface area contributed by atoms with Crippen LogP contribution in [0.1, 0.15) is 43.2 Å². The van der Waals surface area contributed by atoms with E-state index in [9.17, 15) is 4.79 Å². The van der Waals surface area contributed by atoms with Crippen LogP contribution >= 0.6 is 0 Å². The minimum absolute atomic E-state index is 0.267. The summed E-state index contributed by atoms with van der Waals surface area (Å²) in [6.07, 6.45) is 9.89. The molecule has 2 fully saturated rings. The SMILES string of the molecule is Cn1cc(-c2ccc(CN3C(=O)C4(CCN4C4CCCC4)c4ccccc43)cc2)cn1. The molecule has 5 heteroatoms. The van der Waals surface area contributed by atoms with Gasteiger partial charge in [0.25, 0.3) is 5.91 Å². The lowest BCUT2D eigenvalue weighted by atomic mass is 9.77. The summed E-state index contributed by atoms with van der Waals surface area (Å²) in [5.41, 5.74) is 5.28. The van der Waals surface area contributed by atoms with Crippen LogP contribution in [0, 0.1) is 0 Å². The van der Waals surface area contributed by atoms with E-state index in [4.69, 9.17) is 0 Å². The molecule has 5 nitrogen and oxygen atoms in total. The first-order valence-corrected chi connectivity index (χ1v) is 11.4. The van der Waals surface area contributed by atoms with Gasteiger partial charge in [-0.1, -0.05) is 55.3 Å². The number of hydrogen-bond donors (Lipinski definition) is 0. The number of fused-ring (bicyclic) bond motifs is 2. The molecule has 1 aliphatic carbocycles. The molecule has 2 aliphatic heterocycles. The highest BCUT2D eigenvalue weighted by Crippen LogP contribution is 2.53. The summed E-state index contributed by atoms with van der Waals surface area (Å²) in [5, 5.41) is 4.26. The molecule has 1 spiro atoms. The second kappa shape index (κ2) is 7.06. The number of aromatic nitrogens is 2. The molecule has 2 aromatic carbocycles. The number of aryl methyl sites for hydroxylation is 1. The maximum atomic E-state index is 13.9. The van der Waals surface area contributed by atoms with E-state index in [1.54, 1.807) is 0 Å². The molecular formula is C26H28N4O. The van der Waals surface area contributed by atoms with E-state index in [1.807, 2.05) is 29.0 Å². The fourth-order valence-electron chi connectivity index (χ4n) is 5.91. The highest BCUT2D eigenvalue weighted by molar-refractivity contribution is 6.08. The second-order valence-corrected chi connectivity index (χ2v) is 9.25. The van der Waals surface area contributed by atoms with E-state index in [-0.39, 0.29) is 5.91 Å². The molecular weight excluding hydrogens is 384 g/mol. The van der Waals surface area contributed by atoms with Crippen LogP contribution < -0.4 is 4.90 Å². The van der Waals surface area contributed by atoms with Crippen LogP contribution in [0.15, 0.2) is 60.9 Å². The molecule has 1 unspecified atom stereocenters. The molecule has 0 bridgehead atoms. The van der Waals surface area contributed by atoms with E-state index >= 15 is 0 Å². The van der Waals surface area contributed by atoms with Crippen LogP contribution in [-0.4, -0.2) is 33.2 Å². The van der Waals surface area contributed by atoms with E-state index in [2.05, 4.69) is 58.5 Å². The monoisotopic (exact) mass is 412 g/mol. The van der Waals surface area contributed by atoms with E-state index in [0.29, 0.717) is 12.6 Å². The lowest BCUT2D eigenvalue weighted by molar-refractivity contribution is -0.143. The Morgan fingerprint density at radius 1 is 1.03 bits per heavy atom. The van der Waals surface area contributed by atoms with Crippen molar-refractivity contribution in [3.63, 3.8) is 0 Å². The molecule has 6 rings (SSSR count). The van der Waals surface area contributed by atoms with Crippen molar-refractivity contribution < 1.29 is 4.79 Å². The Labute approximate surface area is 183 Å². The average molecular weight is 413 g/mol. The zero-order valence-electron chi connectivity index (χ0n) is 18.0. The number of carbonyl (C=O) groups is 1. The number of carbonyl (C=O) groups excluding carboxylic acids is 1. The van der Waals surface area contributed by atoms with Gasteiger partial charge in [0.05, 0.1) is 12.7 Å². The molecule has 3 aromatic rings. The van der Waals surface area contributed by atoms with Gasteiger partial charge in [0.2, 0.25) is 0 Å². The Hall–Kier alpha value is -2.92. The van der Waals surface area contributed by atoms with Crippen molar-refractivity contribution in [2.24, 2.45) is 7.05 Å². The molecule has 158 valence electrons. The number of rotatable bonds is 4. The molecule has 1 atom stereocenters. The van der Waals surface area contributed by atoms with Crippen molar-refractivity contribution in [1.82, 2.24) is 14.7 Å². The van der Waals surface area contributed by atoms with Gasteiger partial charge in [-0.15, -0.1) is 0 Å². The molecule has 0 N–H and O–H groups in total. The van der Waals surface area contributed by atoms with E-state index < -0.39 is 5.54 Å². The van der Waals surface area contributed by atoms with Gasteiger partial charge in [0.15, 0.2) is 0 Å². The summed E-state index contributed by atoms with van der Waals surface area (Å²) >= 11 is 0. The Morgan fingerprint density at radius 2 is 1.81 bits per heavy atom. The third-order valence-electron chi connectivity index (χ3n) is 7.54. The summed E-state index contributed by atoms with van der Waals surface area (Å²) in [6.45, 7) is 1.65. The number of amides is 1. The van der Waals surface area contributed by atoms with Crippen LogP contribution in [0.4, 0.5) is 5.69 Å². The molecule has 3 aliphatic rings. The van der Waals surface area contributed by atoms with Crippen molar-refractivity contribution >= 4 is 11.6 Å². The van der Waals surface area contributed by atoms with Crippen molar-refractivity contribution in [1.29, 1.82) is 0 Å². The molecule has 1 amide bonds. The van der Waals surface area contributed by atoms with Gasteiger partial charge in [-0.05, 0) is 36.5 Å². The zero-order chi connectivity index (χ0) is 21.0. The van der Waals surface area contributed by atoms with Crippen LogP contribution in [0.5, 0.6) is 0 Å². The minimum Gasteiger partial charge on any atom is -0.306 e. The predicted octanol–water partition coefficient (Wildman–Crippen LogP) is 4.48. The van der Waals surface area contributed by atoms with Crippen molar-refractivity contribution in [2.75, 3.05) is 11.4 Å². The number of anilines is 1. The van der Waals surface area contributed by atoms with Gasteiger partial charge < -0.3 is 4.90 Å². The van der Waals surface area contributed by atoms with E-state index in [0.717, 1.165) is 35.3 Å². The number of benzene rings is 2. The lowest BCUT2D eigenvalue weighted by Crippen LogP contribution is -2.65. The molecule has 3 heterocycles. The minimum atomic E-state index is -0.429. The standard InChI is InChI=1S/C26H28N4O/c1-28-18-21(16-27-28)20-12-10-19(11-13-20)17-29-24-9-5-4-8-23(24)26(25(29)31)14-15-30(26)22-6-2-3-7-22/h4-5,8-13,16,18,22H,2-3,6-7,14-15,17H2,1H3. The Kier molecular flexibility index (Phi) is 4.29. The van der Waals surface area contributed by atoms with Crippen LogP contribution in [0.25, 0.3) is 11.1 Å². The van der Waals surface area contributed by atoms with Gasteiger partial charge in [-0.25, -0.2) is 0 Å². The largest absolute Gasteiger partial charge is 0.306 e. The second-order valence-electron chi connectivity index (χ2n) is 9.25. The van der Waals surface area contributed by atoms with Gasteiger partial charge >= 0.3 is 0 Å². The predicted molar refractivity (Wildman–Crippen MR) is 122 cm³/mol. The first-order chi connectivity index (χ1) is 15.2. The van der Waals surface area contributed by atoms with Crippen molar-refractivity contribution in [2.45, 2.75) is 50.2 Å². The Balaban J connectivity index is 1.30. The third-order valence-corrected chi connectivity index (χ3v) is 7.54. The summed E-state index contributed by atoms with van der Waals surface area (Å²) in [5.74, 6) is 0.267. The van der Waals surface area contributed by atoms with Gasteiger partial charge in [0.1, 0.15) is 5.54 Å². The maximum absolute atomic E-state index is 13.9. The summed E-state index contributed by atoms with van der Waals surface area (Å²) in [4.78, 5) is 18.4. The van der Waals surface area contributed by atoms with Crippen molar-refractivity contribution in [3.05, 3.63) is 72.1 Å². The normalized spacial score (nSPS) is 23.5. The fraction of sp³-hybridized carbons (Fsp3) is 0.385. The highest BCUT2D eigenvalue weighted by atomic mass is 16.2. The summed E-state index contributed by atoms with van der Waals surface area (Å²) < 4.78 is 1.82. The number of para-hydroxylation sites is 1. The quantitative estimate of drug-likeness (QED) is 0.635. The molecule has 1 saturated carbocycles. The number of likely N-dealkylation sites (tertiary alicyclic amines) is 1. The zero-order valence-corrected chi connectivity index (χ0v) is 18.0. The maximum Gasteiger partial charge on any atom is 0.252 e. The van der Waals surface area contributed by atoms with E-state index in [1.165, 1.54) is 31.2 Å². The molecule has 1 aromatic heterocycles. The molecule has 1 saturated heterocycles. The topological polar surface area (TPSA) is 41.4 Å². The van der Waals surface area contributed by atoms with Crippen LogP contribution in [-0.2, 0) is 23.9 Å². The van der Waals surface area contributed by atoms with Gasteiger partial charge in [0, 0.05) is 42.6 Å². The molecule has 0 radical (unpaired) electrons. The average Bonchev–Trinajstić information content (AvgIpc) is 3.49. The lowest BCUT2D eigenvalue weighted by Gasteiger charge is -2.52.